The monoisotopic (exact) mass is 577 g/mol. The van der Waals surface area contributed by atoms with E-state index in [2.05, 4.69) is 17.2 Å². The zero-order valence-corrected chi connectivity index (χ0v) is 25.4. The van der Waals surface area contributed by atoms with Gasteiger partial charge in [-0.1, -0.05) is 75.4 Å². The summed E-state index contributed by atoms with van der Waals surface area (Å²) in [6.45, 7) is 6.19. The lowest BCUT2D eigenvalue weighted by Gasteiger charge is -2.32. The molecule has 8 nitrogen and oxygen atoms in total. The predicted octanol–water partition coefficient (Wildman–Crippen LogP) is 2.66. The third-order valence-corrected chi connectivity index (χ3v) is 9.15. The maximum absolute atomic E-state index is 13.2. The average Bonchev–Trinajstić information content (AvgIpc) is 2.94. The normalized spacial score (nSPS) is 18.8. The van der Waals surface area contributed by atoms with Crippen LogP contribution < -0.4 is 10.6 Å². The lowest BCUT2D eigenvalue weighted by atomic mass is 9.82. The van der Waals surface area contributed by atoms with Crippen LogP contribution in [0.15, 0.2) is 43.0 Å². The summed E-state index contributed by atoms with van der Waals surface area (Å²) in [6, 6.07) is 9.10. The number of amides is 2. The quantitative estimate of drug-likeness (QED) is 0.199. The highest BCUT2D eigenvalue weighted by atomic mass is 32.2. The van der Waals surface area contributed by atoms with Crippen molar-refractivity contribution in [2.45, 2.75) is 76.5 Å². The Morgan fingerprint density at radius 1 is 1.12 bits per heavy atom. The number of carbonyl (C=O) groups is 2. The van der Waals surface area contributed by atoms with Gasteiger partial charge in [0.05, 0.1) is 24.0 Å². The molecule has 1 saturated carbocycles. The van der Waals surface area contributed by atoms with Gasteiger partial charge in [0.1, 0.15) is 6.10 Å². The fourth-order valence-corrected chi connectivity index (χ4v) is 6.63. The van der Waals surface area contributed by atoms with Crippen LogP contribution in [0.3, 0.4) is 0 Å². The number of benzene rings is 1. The SMILES string of the molecule is C=CCC(O)C(O)C(CC1CCCCC1)NC(=O)C(C)CNC(=O)C(Cc1ccccc1)CS(=O)CCN(C)C. The van der Waals surface area contributed by atoms with E-state index in [0.29, 0.717) is 31.1 Å². The standard InChI is InChI=1S/C31H51N3O5S/c1-5-12-28(35)29(36)27(20-25-15-10-7-11-16-25)33-30(37)23(2)21-32-31(38)26(19-24-13-8-6-9-14-24)22-40(39)18-17-34(3)4/h5-6,8-9,13-14,23,25-29,35-36H,1,7,10-12,15-22H2,2-4H3,(H,32,38)(H,33,37). The maximum Gasteiger partial charge on any atom is 0.224 e. The molecular formula is C31H51N3O5S. The van der Waals surface area contributed by atoms with Crippen LogP contribution in [0.4, 0.5) is 0 Å². The van der Waals surface area contributed by atoms with Gasteiger partial charge in [0, 0.05) is 35.4 Å². The highest BCUT2D eigenvalue weighted by Crippen LogP contribution is 2.28. The number of aliphatic hydroxyl groups excluding tert-OH is 2. The molecule has 0 aliphatic heterocycles. The van der Waals surface area contributed by atoms with Gasteiger partial charge in [-0.15, -0.1) is 6.58 Å². The summed E-state index contributed by atoms with van der Waals surface area (Å²) in [7, 11) is 2.70. The molecule has 2 rings (SSSR count). The van der Waals surface area contributed by atoms with Crippen molar-refractivity contribution >= 4 is 22.6 Å². The molecular weight excluding hydrogens is 526 g/mol. The summed E-state index contributed by atoms with van der Waals surface area (Å²) in [5, 5.41) is 27.1. The van der Waals surface area contributed by atoms with Gasteiger partial charge in [0.2, 0.25) is 11.8 Å². The number of hydrogen-bond donors (Lipinski definition) is 4. The van der Waals surface area contributed by atoms with E-state index in [4.69, 9.17) is 0 Å². The number of hydrogen-bond acceptors (Lipinski definition) is 6. The lowest BCUT2D eigenvalue weighted by Crippen LogP contribution is -2.52. The van der Waals surface area contributed by atoms with Gasteiger partial charge in [0.25, 0.3) is 0 Å². The fraction of sp³-hybridized carbons (Fsp3) is 0.677. The largest absolute Gasteiger partial charge is 0.390 e. The summed E-state index contributed by atoms with van der Waals surface area (Å²) < 4.78 is 12.7. The minimum Gasteiger partial charge on any atom is -0.390 e. The van der Waals surface area contributed by atoms with Crippen LogP contribution in [0.2, 0.25) is 0 Å². The molecule has 4 N–H and O–H groups in total. The van der Waals surface area contributed by atoms with E-state index in [9.17, 15) is 24.0 Å². The van der Waals surface area contributed by atoms with Gasteiger partial charge in [-0.3, -0.25) is 13.8 Å². The number of aliphatic hydroxyl groups is 2. The summed E-state index contributed by atoms with van der Waals surface area (Å²) >= 11 is 0. The van der Waals surface area contributed by atoms with Crippen LogP contribution in [0.5, 0.6) is 0 Å². The Hall–Kier alpha value is -2.07. The fourth-order valence-electron chi connectivity index (χ4n) is 5.18. The maximum atomic E-state index is 13.2. The summed E-state index contributed by atoms with van der Waals surface area (Å²) in [5.41, 5.74) is 0.996. The molecule has 0 saturated heterocycles. The molecule has 0 radical (unpaired) electrons. The summed E-state index contributed by atoms with van der Waals surface area (Å²) in [4.78, 5) is 28.4. The second-order valence-electron chi connectivity index (χ2n) is 11.6. The van der Waals surface area contributed by atoms with Crippen molar-refractivity contribution in [2.24, 2.45) is 17.8 Å². The van der Waals surface area contributed by atoms with Crippen LogP contribution in [0, 0.1) is 17.8 Å². The molecule has 1 aromatic carbocycles. The number of rotatable bonds is 18. The van der Waals surface area contributed by atoms with E-state index < -0.39 is 40.9 Å². The van der Waals surface area contributed by atoms with Crippen molar-refractivity contribution in [1.29, 1.82) is 0 Å². The molecule has 1 fully saturated rings. The molecule has 0 spiro atoms. The van der Waals surface area contributed by atoms with Crippen LogP contribution in [-0.2, 0) is 26.8 Å². The van der Waals surface area contributed by atoms with Gasteiger partial charge >= 0.3 is 0 Å². The van der Waals surface area contributed by atoms with Crippen molar-refractivity contribution in [3.8, 4) is 0 Å². The minimum atomic E-state index is -1.15. The van der Waals surface area contributed by atoms with E-state index >= 15 is 0 Å². The second-order valence-corrected chi connectivity index (χ2v) is 13.2. The molecule has 226 valence electrons. The Labute approximate surface area is 243 Å². The highest BCUT2D eigenvalue weighted by molar-refractivity contribution is 7.85. The molecule has 1 aliphatic rings. The molecule has 1 aromatic rings. The molecule has 0 heterocycles. The lowest BCUT2D eigenvalue weighted by molar-refractivity contribution is -0.128. The Bertz CT molecular complexity index is 923. The van der Waals surface area contributed by atoms with Crippen LogP contribution in [0.25, 0.3) is 0 Å². The van der Waals surface area contributed by atoms with E-state index in [1.165, 1.54) is 6.42 Å². The molecule has 9 heteroatoms. The zero-order valence-electron chi connectivity index (χ0n) is 24.6. The first-order valence-corrected chi connectivity index (χ1v) is 16.2. The number of nitrogens with one attached hydrogen (secondary N) is 2. The van der Waals surface area contributed by atoms with E-state index in [1.807, 2.05) is 49.3 Å². The summed E-state index contributed by atoms with van der Waals surface area (Å²) in [5.74, 6) is -0.374. The number of carbonyl (C=O) groups excluding carboxylic acids is 2. The second kappa shape index (κ2) is 18.4. The van der Waals surface area contributed by atoms with Gasteiger partial charge in [-0.25, -0.2) is 0 Å². The first-order valence-electron chi connectivity index (χ1n) is 14.7. The summed E-state index contributed by atoms with van der Waals surface area (Å²) in [6.07, 6.45) is 6.38. The number of nitrogens with zero attached hydrogens (tertiary/aromatic N) is 1. The Morgan fingerprint density at radius 2 is 1.80 bits per heavy atom. The first kappa shape index (κ1) is 34.1. The van der Waals surface area contributed by atoms with Crippen molar-refractivity contribution < 1.29 is 24.0 Å². The average molecular weight is 578 g/mol. The zero-order chi connectivity index (χ0) is 29.5. The van der Waals surface area contributed by atoms with Gasteiger partial charge in [-0.05, 0) is 44.8 Å². The molecule has 6 unspecified atom stereocenters. The van der Waals surface area contributed by atoms with Gasteiger partial charge in [0.15, 0.2) is 0 Å². The highest BCUT2D eigenvalue weighted by Gasteiger charge is 2.31. The van der Waals surface area contributed by atoms with Crippen molar-refractivity contribution in [3.63, 3.8) is 0 Å². The third kappa shape index (κ3) is 12.6. The van der Waals surface area contributed by atoms with Crippen molar-refractivity contribution in [3.05, 3.63) is 48.6 Å². The third-order valence-electron chi connectivity index (χ3n) is 7.73. The van der Waals surface area contributed by atoms with Gasteiger partial charge in [-0.2, -0.15) is 0 Å². The molecule has 2 amide bonds. The minimum absolute atomic E-state index is 0.127. The Morgan fingerprint density at radius 3 is 2.42 bits per heavy atom. The molecule has 40 heavy (non-hydrogen) atoms. The smallest absolute Gasteiger partial charge is 0.224 e. The topological polar surface area (TPSA) is 119 Å². The van der Waals surface area contributed by atoms with Crippen molar-refractivity contribution in [2.75, 3.05) is 38.7 Å². The Kier molecular flexibility index (Phi) is 15.7. The van der Waals surface area contributed by atoms with E-state index in [1.54, 1.807) is 13.0 Å². The van der Waals surface area contributed by atoms with Crippen molar-refractivity contribution in [1.82, 2.24) is 15.5 Å². The molecule has 6 atom stereocenters. The first-order chi connectivity index (χ1) is 19.1. The van der Waals surface area contributed by atoms with Gasteiger partial charge < -0.3 is 25.7 Å². The predicted molar refractivity (Wildman–Crippen MR) is 162 cm³/mol. The van der Waals surface area contributed by atoms with Crippen LogP contribution >= 0.6 is 0 Å². The van der Waals surface area contributed by atoms with E-state index in [-0.39, 0.29) is 30.5 Å². The molecule has 0 bridgehead atoms. The van der Waals surface area contributed by atoms with Crippen LogP contribution in [-0.4, -0.2) is 88.1 Å². The Balaban J connectivity index is 2.00. The van der Waals surface area contributed by atoms with Crippen LogP contribution in [0.1, 0.15) is 57.4 Å². The van der Waals surface area contributed by atoms with E-state index in [0.717, 1.165) is 31.2 Å². The molecule has 0 aromatic heterocycles. The molecule has 1 aliphatic carbocycles.